The predicted octanol–water partition coefficient (Wildman–Crippen LogP) is 6.06. The summed E-state index contributed by atoms with van der Waals surface area (Å²) in [6.07, 6.45) is 4.49. The Hall–Kier alpha value is -4.07. The SMILES string of the molecule is O=C1NC(=S)N(c2ccc(Oc3ccccc3)cc2)C(=O)/C1=C/c1cc2c(s1)CCc1ccccc1C2. The minimum absolute atomic E-state index is 0.0578. The molecule has 37 heavy (non-hydrogen) atoms. The van der Waals surface area contributed by atoms with Gasteiger partial charge in [-0.15, -0.1) is 11.3 Å². The van der Waals surface area contributed by atoms with Crippen molar-refractivity contribution in [3.05, 3.63) is 117 Å². The van der Waals surface area contributed by atoms with E-state index in [2.05, 4.69) is 35.6 Å². The summed E-state index contributed by atoms with van der Waals surface area (Å²) in [7, 11) is 0. The maximum Gasteiger partial charge on any atom is 0.270 e. The average Bonchev–Trinajstić information content (AvgIpc) is 3.20. The summed E-state index contributed by atoms with van der Waals surface area (Å²) >= 11 is 7.00. The number of amides is 2. The Morgan fingerprint density at radius 1 is 0.838 bits per heavy atom. The van der Waals surface area contributed by atoms with Crippen molar-refractivity contribution in [3.63, 3.8) is 0 Å². The highest BCUT2D eigenvalue weighted by Crippen LogP contribution is 2.33. The van der Waals surface area contributed by atoms with Crippen molar-refractivity contribution in [2.45, 2.75) is 19.3 Å². The summed E-state index contributed by atoms with van der Waals surface area (Å²) in [4.78, 5) is 29.8. The lowest BCUT2D eigenvalue weighted by atomic mass is 10.0. The van der Waals surface area contributed by atoms with Gasteiger partial charge in [0, 0.05) is 9.75 Å². The van der Waals surface area contributed by atoms with E-state index in [4.69, 9.17) is 17.0 Å². The Morgan fingerprint density at radius 3 is 2.32 bits per heavy atom. The molecular weight excluding hydrogens is 500 g/mol. The second kappa shape index (κ2) is 9.76. The van der Waals surface area contributed by atoms with Gasteiger partial charge in [-0.1, -0.05) is 42.5 Å². The number of hydrogen-bond donors (Lipinski definition) is 1. The van der Waals surface area contributed by atoms with Gasteiger partial charge in [0.15, 0.2) is 5.11 Å². The summed E-state index contributed by atoms with van der Waals surface area (Å²) < 4.78 is 5.85. The number of thiophene rings is 1. The topological polar surface area (TPSA) is 58.6 Å². The molecular formula is C30H22N2O3S2. The normalized spacial score (nSPS) is 16.2. The average molecular weight is 523 g/mol. The van der Waals surface area contributed by atoms with E-state index in [1.54, 1.807) is 41.7 Å². The molecule has 0 bridgehead atoms. The Morgan fingerprint density at radius 2 is 1.54 bits per heavy atom. The highest BCUT2D eigenvalue weighted by atomic mass is 32.1. The number of carbonyl (C=O) groups excluding carboxylic acids is 2. The van der Waals surface area contributed by atoms with Gasteiger partial charge in [-0.05, 0) is 96.7 Å². The first kappa shape index (κ1) is 23.3. The molecule has 0 spiro atoms. The first-order valence-electron chi connectivity index (χ1n) is 12.0. The lowest BCUT2D eigenvalue weighted by molar-refractivity contribution is -0.122. The molecule has 1 N–H and O–H groups in total. The molecule has 0 saturated carbocycles. The summed E-state index contributed by atoms with van der Waals surface area (Å²) in [6, 6.07) is 27.1. The van der Waals surface area contributed by atoms with Crippen LogP contribution in [0.4, 0.5) is 5.69 Å². The molecule has 1 aliphatic heterocycles. The maximum atomic E-state index is 13.5. The van der Waals surface area contributed by atoms with Gasteiger partial charge in [-0.2, -0.15) is 0 Å². The number of carbonyl (C=O) groups is 2. The number of thiocarbonyl (C=S) groups is 1. The van der Waals surface area contributed by atoms with Crippen LogP contribution in [0, 0.1) is 0 Å². The number of nitrogens with zero attached hydrogens (tertiary/aromatic N) is 1. The largest absolute Gasteiger partial charge is 0.457 e. The molecule has 2 heterocycles. The first-order chi connectivity index (χ1) is 18.0. The second-order valence-electron chi connectivity index (χ2n) is 8.91. The van der Waals surface area contributed by atoms with E-state index < -0.39 is 11.8 Å². The molecule has 0 radical (unpaired) electrons. The number of benzene rings is 3. The van der Waals surface area contributed by atoms with Crippen molar-refractivity contribution in [2.24, 2.45) is 0 Å². The summed E-state index contributed by atoms with van der Waals surface area (Å²) in [5.41, 5.74) is 4.60. The fraction of sp³-hybridized carbons (Fsp3) is 0.100. The monoisotopic (exact) mass is 522 g/mol. The Kier molecular flexibility index (Phi) is 6.16. The molecule has 182 valence electrons. The van der Waals surface area contributed by atoms with E-state index in [1.165, 1.54) is 26.5 Å². The van der Waals surface area contributed by atoms with Gasteiger partial charge in [0.1, 0.15) is 17.1 Å². The van der Waals surface area contributed by atoms with Gasteiger partial charge in [-0.3, -0.25) is 19.8 Å². The molecule has 2 aliphatic rings. The quantitative estimate of drug-likeness (QED) is 0.201. The van der Waals surface area contributed by atoms with Crippen LogP contribution < -0.4 is 15.0 Å². The van der Waals surface area contributed by atoms with Crippen LogP contribution in [-0.4, -0.2) is 16.9 Å². The number of ether oxygens (including phenoxy) is 1. The van der Waals surface area contributed by atoms with E-state index in [0.717, 1.165) is 29.9 Å². The predicted molar refractivity (Wildman–Crippen MR) is 150 cm³/mol. The number of aryl methyl sites for hydroxylation is 2. The van der Waals surface area contributed by atoms with Gasteiger partial charge in [0.05, 0.1) is 5.69 Å². The maximum absolute atomic E-state index is 13.5. The molecule has 1 fully saturated rings. The van der Waals surface area contributed by atoms with Crippen LogP contribution >= 0.6 is 23.6 Å². The van der Waals surface area contributed by atoms with E-state index in [9.17, 15) is 9.59 Å². The van der Waals surface area contributed by atoms with E-state index >= 15 is 0 Å². The van der Waals surface area contributed by atoms with Crippen LogP contribution in [0.25, 0.3) is 6.08 Å². The van der Waals surface area contributed by atoms with E-state index in [-0.39, 0.29) is 10.7 Å². The van der Waals surface area contributed by atoms with Gasteiger partial charge in [0.2, 0.25) is 0 Å². The second-order valence-corrected chi connectivity index (χ2v) is 10.5. The van der Waals surface area contributed by atoms with Gasteiger partial charge in [-0.25, -0.2) is 0 Å². The van der Waals surface area contributed by atoms with E-state index in [0.29, 0.717) is 11.4 Å². The highest BCUT2D eigenvalue weighted by Gasteiger charge is 2.34. The Bertz CT molecular complexity index is 1560. The molecule has 3 aromatic carbocycles. The molecule has 5 nitrogen and oxygen atoms in total. The number of para-hydroxylation sites is 1. The van der Waals surface area contributed by atoms with Crippen molar-refractivity contribution >= 4 is 52.2 Å². The highest BCUT2D eigenvalue weighted by molar-refractivity contribution is 7.80. The van der Waals surface area contributed by atoms with Crippen molar-refractivity contribution in [2.75, 3.05) is 4.90 Å². The van der Waals surface area contributed by atoms with Crippen molar-refractivity contribution in [1.29, 1.82) is 0 Å². The smallest absolute Gasteiger partial charge is 0.270 e. The molecule has 1 aromatic heterocycles. The summed E-state index contributed by atoms with van der Waals surface area (Å²) in [5, 5.41) is 2.73. The van der Waals surface area contributed by atoms with Gasteiger partial charge >= 0.3 is 0 Å². The Balaban J connectivity index is 1.25. The molecule has 0 atom stereocenters. The third-order valence-electron chi connectivity index (χ3n) is 6.50. The fourth-order valence-electron chi connectivity index (χ4n) is 4.67. The molecule has 4 aromatic rings. The van der Waals surface area contributed by atoms with Crippen LogP contribution in [0.2, 0.25) is 0 Å². The minimum atomic E-state index is -0.482. The molecule has 6 rings (SSSR count). The van der Waals surface area contributed by atoms with Crippen molar-refractivity contribution in [3.8, 4) is 11.5 Å². The lowest BCUT2D eigenvalue weighted by Gasteiger charge is -2.28. The zero-order valence-corrected chi connectivity index (χ0v) is 21.4. The number of rotatable bonds is 4. The summed E-state index contributed by atoms with van der Waals surface area (Å²) in [5.74, 6) is 0.422. The van der Waals surface area contributed by atoms with E-state index in [1.807, 2.05) is 30.3 Å². The van der Waals surface area contributed by atoms with Gasteiger partial charge < -0.3 is 4.74 Å². The standard InChI is InChI=1S/C30H22N2O3S2/c33-28-26(18-25-17-21-16-20-7-5-4-6-19(20)10-15-27(21)37-25)29(34)32(30(36)31-28)22-11-13-24(14-12-22)35-23-8-2-1-3-9-23/h1-9,11-14,17-18H,10,15-16H2,(H,31,33,36)/b26-18+. The lowest BCUT2D eigenvalue weighted by Crippen LogP contribution is -2.54. The minimum Gasteiger partial charge on any atom is -0.457 e. The van der Waals surface area contributed by atoms with Crippen LogP contribution in [0.1, 0.15) is 26.4 Å². The van der Waals surface area contributed by atoms with Crippen LogP contribution in [0.3, 0.4) is 0 Å². The third-order valence-corrected chi connectivity index (χ3v) is 7.97. The zero-order valence-electron chi connectivity index (χ0n) is 19.8. The molecule has 1 saturated heterocycles. The van der Waals surface area contributed by atoms with Crippen LogP contribution in [0.15, 0.2) is 90.5 Å². The fourth-order valence-corrected chi connectivity index (χ4v) is 6.08. The molecule has 0 unspecified atom stereocenters. The molecule has 7 heteroatoms. The number of anilines is 1. The first-order valence-corrected chi connectivity index (χ1v) is 13.2. The number of fused-ring (bicyclic) bond motifs is 2. The molecule has 2 amide bonds. The zero-order chi connectivity index (χ0) is 25.4. The van der Waals surface area contributed by atoms with Crippen LogP contribution in [0.5, 0.6) is 11.5 Å². The van der Waals surface area contributed by atoms with Crippen molar-refractivity contribution in [1.82, 2.24) is 5.32 Å². The number of hydrogen-bond acceptors (Lipinski definition) is 5. The molecule has 1 aliphatic carbocycles. The third kappa shape index (κ3) is 4.71. The summed E-state index contributed by atoms with van der Waals surface area (Å²) in [6.45, 7) is 0. The van der Waals surface area contributed by atoms with Crippen LogP contribution in [-0.2, 0) is 28.9 Å². The number of nitrogens with one attached hydrogen (secondary N) is 1. The van der Waals surface area contributed by atoms with Crippen molar-refractivity contribution < 1.29 is 14.3 Å². The van der Waals surface area contributed by atoms with Gasteiger partial charge in [0.25, 0.3) is 11.8 Å². The Labute approximate surface area is 224 Å².